The molecule has 1 aromatic carbocycles. The summed E-state index contributed by atoms with van der Waals surface area (Å²) >= 11 is 0. The molecule has 1 heterocycles. The molecule has 0 aliphatic carbocycles. The van der Waals surface area contributed by atoms with E-state index in [4.69, 9.17) is 4.74 Å². The number of carbonyl (C=O) groups is 1. The van der Waals surface area contributed by atoms with E-state index in [-0.39, 0.29) is 17.3 Å². The molecule has 1 atom stereocenters. The Morgan fingerprint density at radius 3 is 2.47 bits per heavy atom. The van der Waals surface area contributed by atoms with E-state index in [9.17, 15) is 4.79 Å². The average molecular weight is 232 g/mol. The predicted molar refractivity (Wildman–Crippen MR) is 68.9 cm³/mol. The Balaban J connectivity index is 2.66. The third-order valence-electron chi connectivity index (χ3n) is 3.29. The molecule has 2 rings (SSSR count). The van der Waals surface area contributed by atoms with Gasteiger partial charge in [0.2, 0.25) is 5.78 Å². The second-order valence-electron chi connectivity index (χ2n) is 5.75. The Hall–Kier alpha value is -1.31. The zero-order valence-corrected chi connectivity index (χ0v) is 11.3. The minimum absolute atomic E-state index is 0.000394. The van der Waals surface area contributed by atoms with Crippen LogP contribution in [0.25, 0.3) is 0 Å². The molecule has 0 spiro atoms. The molecule has 17 heavy (non-hydrogen) atoms. The summed E-state index contributed by atoms with van der Waals surface area (Å²) in [7, 11) is 0. The van der Waals surface area contributed by atoms with Crippen molar-refractivity contribution in [1.82, 2.24) is 0 Å². The van der Waals surface area contributed by atoms with Crippen molar-refractivity contribution in [2.45, 2.75) is 52.6 Å². The van der Waals surface area contributed by atoms with Crippen molar-refractivity contribution in [2.24, 2.45) is 0 Å². The summed E-state index contributed by atoms with van der Waals surface area (Å²) in [5.74, 6) is 0.910. The highest BCUT2D eigenvalue weighted by atomic mass is 16.5. The van der Waals surface area contributed by atoms with Crippen LogP contribution in [0.15, 0.2) is 12.1 Å². The van der Waals surface area contributed by atoms with Gasteiger partial charge in [0.05, 0.1) is 5.56 Å². The van der Waals surface area contributed by atoms with E-state index in [2.05, 4.69) is 33.8 Å². The molecule has 0 fully saturated rings. The molecule has 0 amide bonds. The molecule has 1 unspecified atom stereocenters. The second-order valence-corrected chi connectivity index (χ2v) is 5.75. The lowest BCUT2D eigenvalue weighted by molar-refractivity contribution is 0.0877. The molecule has 1 aliphatic rings. The van der Waals surface area contributed by atoms with Crippen molar-refractivity contribution in [3.63, 3.8) is 0 Å². The number of hydrogen-bond acceptors (Lipinski definition) is 2. The fourth-order valence-electron chi connectivity index (χ4n) is 2.21. The number of benzene rings is 1. The van der Waals surface area contributed by atoms with E-state index in [0.717, 1.165) is 23.3 Å². The van der Waals surface area contributed by atoms with Crippen molar-refractivity contribution >= 4 is 5.78 Å². The minimum atomic E-state index is -0.335. The third kappa shape index (κ3) is 1.97. The number of ketones is 1. The quantitative estimate of drug-likeness (QED) is 0.740. The predicted octanol–water partition coefficient (Wildman–Crippen LogP) is 3.51. The molecule has 0 aromatic heterocycles. The van der Waals surface area contributed by atoms with Crippen LogP contribution < -0.4 is 4.74 Å². The highest BCUT2D eigenvalue weighted by Gasteiger charge is 2.34. The Morgan fingerprint density at radius 1 is 1.29 bits per heavy atom. The second kappa shape index (κ2) is 3.86. The van der Waals surface area contributed by atoms with E-state index < -0.39 is 0 Å². The molecule has 0 saturated heterocycles. The van der Waals surface area contributed by atoms with Crippen LogP contribution in [0.4, 0.5) is 0 Å². The van der Waals surface area contributed by atoms with E-state index in [1.54, 1.807) is 0 Å². The van der Waals surface area contributed by atoms with Crippen molar-refractivity contribution < 1.29 is 9.53 Å². The Bertz CT molecular complexity index is 467. The summed E-state index contributed by atoms with van der Waals surface area (Å²) in [4.78, 5) is 12.0. The van der Waals surface area contributed by atoms with Gasteiger partial charge in [0.1, 0.15) is 5.75 Å². The van der Waals surface area contributed by atoms with Crippen LogP contribution >= 0.6 is 0 Å². The van der Waals surface area contributed by atoms with Crippen LogP contribution in [0.1, 0.15) is 56.1 Å². The van der Waals surface area contributed by atoms with E-state index in [0.29, 0.717) is 0 Å². The molecule has 2 heteroatoms. The van der Waals surface area contributed by atoms with Gasteiger partial charge in [0.15, 0.2) is 6.10 Å². The minimum Gasteiger partial charge on any atom is -0.481 e. The first-order valence-corrected chi connectivity index (χ1v) is 6.23. The Morgan fingerprint density at radius 2 is 1.94 bits per heavy atom. The maximum Gasteiger partial charge on any atom is 0.206 e. The van der Waals surface area contributed by atoms with Gasteiger partial charge >= 0.3 is 0 Å². The molecule has 1 aromatic rings. The number of fused-ring (bicyclic) bond motifs is 1. The van der Waals surface area contributed by atoms with Gasteiger partial charge in [-0.1, -0.05) is 33.8 Å². The summed E-state index contributed by atoms with van der Waals surface area (Å²) in [5, 5.41) is 0. The number of rotatable bonds is 1. The zero-order chi connectivity index (χ0) is 12.8. The summed E-state index contributed by atoms with van der Waals surface area (Å²) in [6, 6.07) is 4.15. The monoisotopic (exact) mass is 232 g/mol. The first kappa shape index (κ1) is 12.2. The van der Waals surface area contributed by atoms with Gasteiger partial charge in [0, 0.05) is 5.56 Å². The average Bonchev–Trinajstić information content (AvgIpc) is 2.53. The van der Waals surface area contributed by atoms with Crippen LogP contribution in [0, 0.1) is 0 Å². The topological polar surface area (TPSA) is 26.3 Å². The van der Waals surface area contributed by atoms with Gasteiger partial charge in [-0.05, 0) is 30.4 Å². The number of carbonyl (C=O) groups excluding carboxylic acids is 1. The van der Waals surface area contributed by atoms with Gasteiger partial charge in [-0.2, -0.15) is 0 Å². The van der Waals surface area contributed by atoms with Crippen molar-refractivity contribution in [3.05, 3.63) is 28.8 Å². The summed E-state index contributed by atoms with van der Waals surface area (Å²) in [6.45, 7) is 10.4. The molecule has 92 valence electrons. The third-order valence-corrected chi connectivity index (χ3v) is 3.29. The molecule has 0 radical (unpaired) electrons. The molecule has 0 saturated carbocycles. The smallest absolute Gasteiger partial charge is 0.206 e. The van der Waals surface area contributed by atoms with Crippen LogP contribution in [-0.4, -0.2) is 11.9 Å². The highest BCUT2D eigenvalue weighted by molar-refractivity contribution is 6.05. The largest absolute Gasteiger partial charge is 0.481 e. The van der Waals surface area contributed by atoms with Crippen molar-refractivity contribution in [1.29, 1.82) is 0 Å². The standard InChI is InChI=1S/C15H20O2/c1-6-10-7-11-13(16)9(2)17-14(11)12(8-10)15(3,4)5/h7-9H,6H2,1-5H3. The summed E-state index contributed by atoms with van der Waals surface area (Å²) in [5.41, 5.74) is 3.12. The van der Waals surface area contributed by atoms with E-state index >= 15 is 0 Å². The fraction of sp³-hybridized carbons (Fsp3) is 0.533. The number of aryl methyl sites for hydroxylation is 1. The van der Waals surface area contributed by atoms with Crippen LogP contribution in [-0.2, 0) is 11.8 Å². The van der Waals surface area contributed by atoms with Gasteiger partial charge in [-0.25, -0.2) is 0 Å². The normalized spacial score (nSPS) is 19.1. The summed E-state index contributed by atoms with van der Waals surface area (Å²) < 4.78 is 5.73. The maximum atomic E-state index is 12.0. The Labute approximate surface area is 103 Å². The fourth-order valence-corrected chi connectivity index (χ4v) is 2.21. The molecule has 1 aliphatic heterocycles. The van der Waals surface area contributed by atoms with E-state index in [1.807, 2.05) is 13.0 Å². The lowest BCUT2D eigenvalue weighted by Gasteiger charge is -2.22. The molecule has 2 nitrogen and oxygen atoms in total. The lowest BCUT2D eigenvalue weighted by Crippen LogP contribution is -2.16. The first-order valence-electron chi connectivity index (χ1n) is 6.23. The van der Waals surface area contributed by atoms with Crippen molar-refractivity contribution in [2.75, 3.05) is 0 Å². The van der Waals surface area contributed by atoms with Gasteiger partial charge in [-0.15, -0.1) is 0 Å². The highest BCUT2D eigenvalue weighted by Crippen LogP contribution is 2.40. The Kier molecular flexibility index (Phi) is 2.76. The van der Waals surface area contributed by atoms with E-state index in [1.165, 1.54) is 5.56 Å². The number of ether oxygens (including phenoxy) is 1. The zero-order valence-electron chi connectivity index (χ0n) is 11.3. The summed E-state index contributed by atoms with van der Waals surface area (Å²) in [6.07, 6.45) is 0.607. The first-order chi connectivity index (χ1) is 7.84. The van der Waals surface area contributed by atoms with Crippen LogP contribution in [0.3, 0.4) is 0 Å². The molecule has 0 N–H and O–H groups in total. The van der Waals surface area contributed by atoms with Crippen LogP contribution in [0.5, 0.6) is 5.75 Å². The van der Waals surface area contributed by atoms with Gasteiger partial charge in [0.25, 0.3) is 0 Å². The maximum absolute atomic E-state index is 12.0. The van der Waals surface area contributed by atoms with Crippen molar-refractivity contribution in [3.8, 4) is 5.75 Å². The molecular formula is C15H20O2. The number of hydrogen-bond donors (Lipinski definition) is 0. The SMILES string of the molecule is CCc1cc2c(c(C(C)(C)C)c1)OC(C)C2=O. The molecule has 0 bridgehead atoms. The van der Waals surface area contributed by atoms with Gasteiger partial charge in [-0.3, -0.25) is 4.79 Å². The van der Waals surface area contributed by atoms with Crippen LogP contribution in [0.2, 0.25) is 0 Å². The number of Topliss-reactive ketones (excluding diaryl/α,β-unsaturated/α-hetero) is 1. The van der Waals surface area contributed by atoms with Gasteiger partial charge < -0.3 is 4.74 Å². The molecular weight excluding hydrogens is 212 g/mol. The lowest BCUT2D eigenvalue weighted by atomic mass is 9.83.